The number of benzene rings is 9. The first-order valence-electron chi connectivity index (χ1n) is 19.7. The first-order chi connectivity index (χ1) is 28.7. The number of hydrogen-bond acceptors (Lipinski definition) is 2. The molecule has 0 unspecified atom stereocenters. The second-order valence-electron chi connectivity index (χ2n) is 15.3. The molecule has 0 bridgehead atoms. The minimum atomic E-state index is 1.16. The van der Waals surface area contributed by atoms with Crippen LogP contribution in [0.25, 0.3) is 118 Å². The van der Waals surface area contributed by atoms with Crippen molar-refractivity contribution in [1.29, 1.82) is 0 Å². The Bertz CT molecular complexity index is 3790. The number of hydrogen-bond donors (Lipinski definition) is 0. The van der Waals surface area contributed by atoms with Gasteiger partial charge in [-0.3, -0.25) is 0 Å². The highest BCUT2D eigenvalue weighted by Gasteiger charge is 2.19. The van der Waals surface area contributed by atoms with Crippen molar-refractivity contribution < 1.29 is 0 Å². The molecule has 0 saturated carbocycles. The molecule has 0 saturated heterocycles. The Kier molecular flexibility index (Phi) is 6.79. The van der Waals surface area contributed by atoms with Crippen LogP contribution < -0.4 is 0 Å². The fourth-order valence-corrected chi connectivity index (χ4v) is 11.7. The van der Waals surface area contributed by atoms with Gasteiger partial charge in [-0.25, -0.2) is 0 Å². The van der Waals surface area contributed by atoms with Crippen LogP contribution in [0.2, 0.25) is 0 Å². The van der Waals surface area contributed by atoms with E-state index in [1.165, 1.54) is 112 Å². The molecular weight excluding hydrogens is 741 g/mol. The maximum Gasteiger partial charge on any atom is 0.0555 e. The van der Waals surface area contributed by atoms with Crippen LogP contribution in [0.4, 0.5) is 0 Å². The molecule has 0 spiro atoms. The molecule has 4 heterocycles. The van der Waals surface area contributed by atoms with Crippen LogP contribution in [0.3, 0.4) is 0 Å². The summed E-state index contributed by atoms with van der Waals surface area (Å²) >= 11 is 3.76. The molecule has 13 rings (SSSR count). The SMILES string of the molecule is c1ccc(-c2cccc(-n3c4ccc(-c5ccc6c(c5)c5cc7c(cc5n6-c5ccccc5)sc5ccccc57)cc4c4cc5c(cc43)sc3ccccc35)c2)cc1. The van der Waals surface area contributed by atoms with Crippen molar-refractivity contribution in [2.24, 2.45) is 0 Å². The number of rotatable bonds is 4. The van der Waals surface area contributed by atoms with Crippen molar-refractivity contribution in [1.82, 2.24) is 9.13 Å². The Labute approximate surface area is 341 Å². The predicted octanol–water partition coefficient (Wildman–Crippen LogP) is 16.0. The lowest BCUT2D eigenvalue weighted by Crippen LogP contribution is -1.94. The highest BCUT2D eigenvalue weighted by atomic mass is 32.1. The van der Waals surface area contributed by atoms with E-state index in [1.807, 2.05) is 22.7 Å². The van der Waals surface area contributed by atoms with Gasteiger partial charge in [0.2, 0.25) is 0 Å². The van der Waals surface area contributed by atoms with E-state index in [4.69, 9.17) is 0 Å². The zero-order valence-corrected chi connectivity index (χ0v) is 32.8. The molecule has 4 heteroatoms. The molecule has 270 valence electrons. The molecule has 0 aliphatic rings. The molecule has 0 fully saturated rings. The molecule has 0 amide bonds. The average molecular weight is 773 g/mol. The van der Waals surface area contributed by atoms with Gasteiger partial charge in [0.1, 0.15) is 0 Å². The first-order valence-corrected chi connectivity index (χ1v) is 21.4. The largest absolute Gasteiger partial charge is 0.309 e. The van der Waals surface area contributed by atoms with E-state index in [0.717, 1.165) is 5.69 Å². The summed E-state index contributed by atoms with van der Waals surface area (Å²) in [4.78, 5) is 0. The summed E-state index contributed by atoms with van der Waals surface area (Å²) in [6.07, 6.45) is 0. The minimum absolute atomic E-state index is 1.16. The third-order valence-corrected chi connectivity index (χ3v) is 14.4. The zero-order chi connectivity index (χ0) is 37.9. The van der Waals surface area contributed by atoms with Crippen molar-refractivity contribution in [3.8, 4) is 33.6 Å². The van der Waals surface area contributed by atoms with Crippen LogP contribution in [0.15, 0.2) is 194 Å². The van der Waals surface area contributed by atoms with Gasteiger partial charge in [0.05, 0.1) is 22.1 Å². The summed E-state index contributed by atoms with van der Waals surface area (Å²) in [6, 6.07) is 72.0. The van der Waals surface area contributed by atoms with Crippen LogP contribution in [-0.4, -0.2) is 9.13 Å². The molecule has 0 N–H and O–H groups in total. The van der Waals surface area contributed by atoms with E-state index >= 15 is 0 Å². The maximum absolute atomic E-state index is 2.47. The van der Waals surface area contributed by atoms with Gasteiger partial charge in [-0.05, 0) is 107 Å². The van der Waals surface area contributed by atoms with E-state index in [-0.39, 0.29) is 0 Å². The number of thiophene rings is 2. The van der Waals surface area contributed by atoms with Crippen LogP contribution >= 0.6 is 22.7 Å². The Morgan fingerprint density at radius 1 is 0.241 bits per heavy atom. The van der Waals surface area contributed by atoms with Crippen molar-refractivity contribution in [3.05, 3.63) is 194 Å². The maximum atomic E-state index is 2.47. The van der Waals surface area contributed by atoms with Crippen molar-refractivity contribution in [2.45, 2.75) is 0 Å². The fraction of sp³-hybridized carbons (Fsp3) is 0. The molecular formula is C54H32N2S2. The number of fused-ring (bicyclic) bond motifs is 12. The standard InChI is InChI=1S/C54H32N2S2/c1-3-12-33(13-4-1)34-14-11-17-38(26-34)56-48-25-23-36(28-42(48)44-30-46-40-19-8-10-21-52(40)58-54(46)32-50(44)56)35-22-24-47-41(27-35)43-29-45-39-18-7-9-20-51(39)57-53(45)31-49(43)55(47)37-15-5-2-6-16-37/h1-32H. The predicted molar refractivity (Wildman–Crippen MR) is 252 cm³/mol. The Morgan fingerprint density at radius 2 is 0.690 bits per heavy atom. The van der Waals surface area contributed by atoms with Crippen molar-refractivity contribution in [2.75, 3.05) is 0 Å². The van der Waals surface area contributed by atoms with Gasteiger partial charge in [-0.1, -0.05) is 109 Å². The highest BCUT2D eigenvalue weighted by molar-refractivity contribution is 7.26. The second-order valence-corrected chi connectivity index (χ2v) is 17.5. The highest BCUT2D eigenvalue weighted by Crippen LogP contribution is 2.44. The van der Waals surface area contributed by atoms with Crippen LogP contribution in [0.1, 0.15) is 0 Å². The quantitative estimate of drug-likeness (QED) is 0.169. The number of para-hydroxylation sites is 1. The molecule has 0 atom stereocenters. The topological polar surface area (TPSA) is 9.86 Å². The third kappa shape index (κ3) is 4.70. The van der Waals surface area contributed by atoms with Crippen LogP contribution in [0.5, 0.6) is 0 Å². The number of nitrogens with zero attached hydrogens (tertiary/aromatic N) is 2. The van der Waals surface area contributed by atoms with Gasteiger partial charge >= 0.3 is 0 Å². The minimum Gasteiger partial charge on any atom is -0.309 e. The summed E-state index contributed by atoms with van der Waals surface area (Å²) < 4.78 is 10.2. The Balaban J connectivity index is 1.06. The third-order valence-electron chi connectivity index (χ3n) is 12.1. The van der Waals surface area contributed by atoms with Gasteiger partial charge in [0.15, 0.2) is 0 Å². The Hall–Kier alpha value is -6.98. The van der Waals surface area contributed by atoms with Gasteiger partial charge in [0.25, 0.3) is 0 Å². The van der Waals surface area contributed by atoms with Gasteiger partial charge in [-0.2, -0.15) is 0 Å². The molecule has 9 aromatic carbocycles. The van der Waals surface area contributed by atoms with Crippen LogP contribution in [-0.2, 0) is 0 Å². The lowest BCUT2D eigenvalue weighted by molar-refractivity contribution is 1.18. The average Bonchev–Trinajstić information content (AvgIpc) is 4.02. The van der Waals surface area contributed by atoms with E-state index < -0.39 is 0 Å². The van der Waals surface area contributed by atoms with Crippen molar-refractivity contribution in [3.63, 3.8) is 0 Å². The van der Waals surface area contributed by atoms with E-state index in [0.29, 0.717) is 0 Å². The molecule has 2 nitrogen and oxygen atoms in total. The molecule has 13 aromatic rings. The van der Waals surface area contributed by atoms with E-state index in [2.05, 4.69) is 203 Å². The first kappa shape index (κ1) is 32.1. The monoisotopic (exact) mass is 772 g/mol. The summed E-state index contributed by atoms with van der Waals surface area (Å²) in [7, 11) is 0. The fourth-order valence-electron chi connectivity index (χ4n) is 9.42. The molecule has 4 aromatic heterocycles. The molecule has 0 aliphatic carbocycles. The van der Waals surface area contributed by atoms with Gasteiger partial charge in [0, 0.05) is 73.3 Å². The number of aromatic nitrogens is 2. The summed E-state index contributed by atoms with van der Waals surface area (Å²) in [5.41, 5.74) is 12.1. The summed E-state index contributed by atoms with van der Waals surface area (Å²) in [6.45, 7) is 0. The molecule has 58 heavy (non-hydrogen) atoms. The van der Waals surface area contributed by atoms with Crippen molar-refractivity contribution >= 4 is 107 Å². The lowest BCUT2D eigenvalue weighted by atomic mass is 10.00. The summed E-state index contributed by atoms with van der Waals surface area (Å²) in [5, 5.41) is 10.4. The smallest absolute Gasteiger partial charge is 0.0555 e. The van der Waals surface area contributed by atoms with E-state index in [1.54, 1.807) is 0 Å². The Morgan fingerprint density at radius 3 is 1.28 bits per heavy atom. The van der Waals surface area contributed by atoms with Gasteiger partial charge < -0.3 is 9.13 Å². The second kappa shape index (κ2) is 12.3. The molecule has 0 aliphatic heterocycles. The van der Waals surface area contributed by atoms with E-state index in [9.17, 15) is 0 Å². The lowest BCUT2D eigenvalue weighted by Gasteiger charge is -2.11. The summed E-state index contributed by atoms with van der Waals surface area (Å²) in [5.74, 6) is 0. The van der Waals surface area contributed by atoms with Gasteiger partial charge in [-0.15, -0.1) is 22.7 Å². The zero-order valence-electron chi connectivity index (χ0n) is 31.2. The molecule has 0 radical (unpaired) electrons. The normalized spacial score (nSPS) is 12.1. The van der Waals surface area contributed by atoms with Crippen LogP contribution in [0, 0.1) is 0 Å².